The molecule has 0 aliphatic heterocycles. The molecule has 0 amide bonds. The third-order valence-corrected chi connectivity index (χ3v) is 2.67. The van der Waals surface area contributed by atoms with E-state index >= 15 is 0 Å². The summed E-state index contributed by atoms with van der Waals surface area (Å²) >= 11 is 0. The Balaban J connectivity index is 4.02. The zero-order chi connectivity index (χ0) is 12.6. The van der Waals surface area contributed by atoms with E-state index in [1.54, 1.807) is 0 Å². The normalized spacial score (nSPS) is 15.4. The fourth-order valence-electron chi connectivity index (χ4n) is 2.06. The number of nitrogens with one attached hydrogen (secondary N) is 1. The van der Waals surface area contributed by atoms with Crippen molar-refractivity contribution >= 4 is 0 Å². The van der Waals surface area contributed by atoms with Gasteiger partial charge in [0.2, 0.25) is 0 Å². The molecular weight excluding hydrogens is 196 g/mol. The molecule has 0 fully saturated rings. The Hall–Kier alpha value is -0.340. The second-order valence-corrected chi connectivity index (χ2v) is 5.52. The molecular formula is C14H30N2. The Morgan fingerprint density at radius 3 is 2.31 bits per heavy atom. The van der Waals surface area contributed by atoms with Gasteiger partial charge in [0, 0.05) is 18.6 Å². The molecule has 96 valence electrons. The Kier molecular flexibility index (Phi) is 8.58. The van der Waals surface area contributed by atoms with E-state index in [0.717, 1.165) is 18.9 Å². The lowest BCUT2D eigenvalue weighted by Gasteiger charge is -2.27. The SMILES string of the molecule is C=CCCC(C)NC(CC(C)C)CN(C)C. The minimum absolute atomic E-state index is 0.585. The van der Waals surface area contributed by atoms with Gasteiger partial charge in [0.1, 0.15) is 0 Å². The monoisotopic (exact) mass is 226 g/mol. The topological polar surface area (TPSA) is 15.3 Å². The number of allylic oxidation sites excluding steroid dienone is 1. The quantitative estimate of drug-likeness (QED) is 0.608. The van der Waals surface area contributed by atoms with E-state index in [1.165, 1.54) is 12.8 Å². The Bertz CT molecular complexity index is 166. The Labute approximate surface area is 102 Å². The van der Waals surface area contributed by atoms with Crippen LogP contribution in [0.3, 0.4) is 0 Å². The Morgan fingerprint density at radius 1 is 1.25 bits per heavy atom. The van der Waals surface area contributed by atoms with Gasteiger partial charge in [-0.15, -0.1) is 6.58 Å². The lowest BCUT2D eigenvalue weighted by Crippen LogP contribution is -2.43. The number of hydrogen-bond donors (Lipinski definition) is 1. The lowest BCUT2D eigenvalue weighted by atomic mass is 10.0. The van der Waals surface area contributed by atoms with Crippen molar-refractivity contribution in [3.05, 3.63) is 12.7 Å². The summed E-state index contributed by atoms with van der Waals surface area (Å²) in [5.74, 6) is 0.754. The van der Waals surface area contributed by atoms with Crippen LogP contribution in [0.4, 0.5) is 0 Å². The molecule has 0 radical (unpaired) electrons. The van der Waals surface area contributed by atoms with Gasteiger partial charge in [0.05, 0.1) is 0 Å². The largest absolute Gasteiger partial charge is 0.310 e. The third-order valence-electron chi connectivity index (χ3n) is 2.67. The second kappa shape index (κ2) is 8.77. The smallest absolute Gasteiger partial charge is 0.0199 e. The van der Waals surface area contributed by atoms with Crippen molar-refractivity contribution in [1.82, 2.24) is 10.2 Å². The molecule has 2 unspecified atom stereocenters. The molecule has 2 atom stereocenters. The van der Waals surface area contributed by atoms with Crippen molar-refractivity contribution in [3.63, 3.8) is 0 Å². The van der Waals surface area contributed by atoms with Crippen molar-refractivity contribution < 1.29 is 0 Å². The minimum atomic E-state index is 0.585. The van der Waals surface area contributed by atoms with Crippen LogP contribution in [0.25, 0.3) is 0 Å². The highest BCUT2D eigenvalue weighted by atomic mass is 15.1. The maximum atomic E-state index is 3.77. The molecule has 0 aromatic heterocycles. The van der Waals surface area contributed by atoms with Crippen LogP contribution < -0.4 is 5.32 Å². The zero-order valence-corrected chi connectivity index (χ0v) is 11.8. The first-order valence-electron chi connectivity index (χ1n) is 6.47. The predicted octanol–water partition coefficient (Wildman–Crippen LogP) is 2.91. The van der Waals surface area contributed by atoms with Crippen LogP contribution >= 0.6 is 0 Å². The van der Waals surface area contributed by atoms with E-state index in [0.29, 0.717) is 12.1 Å². The van der Waals surface area contributed by atoms with E-state index < -0.39 is 0 Å². The fraction of sp³-hybridized carbons (Fsp3) is 0.857. The number of likely N-dealkylation sites (N-methyl/N-ethyl adjacent to an activating group) is 1. The summed E-state index contributed by atoms with van der Waals surface area (Å²) in [6, 6.07) is 1.19. The van der Waals surface area contributed by atoms with Crippen molar-refractivity contribution in [3.8, 4) is 0 Å². The van der Waals surface area contributed by atoms with E-state index in [4.69, 9.17) is 0 Å². The average molecular weight is 226 g/mol. The molecule has 0 aromatic rings. The van der Waals surface area contributed by atoms with E-state index in [2.05, 4.69) is 51.7 Å². The summed E-state index contributed by atoms with van der Waals surface area (Å²) in [7, 11) is 4.28. The van der Waals surface area contributed by atoms with E-state index in [1.807, 2.05) is 6.08 Å². The van der Waals surface area contributed by atoms with Crippen LogP contribution in [0.2, 0.25) is 0 Å². The first-order valence-corrected chi connectivity index (χ1v) is 6.47. The highest BCUT2D eigenvalue weighted by Crippen LogP contribution is 2.08. The van der Waals surface area contributed by atoms with Crippen molar-refractivity contribution in [2.45, 2.75) is 52.1 Å². The van der Waals surface area contributed by atoms with Crippen LogP contribution in [-0.4, -0.2) is 37.6 Å². The first kappa shape index (κ1) is 15.7. The highest BCUT2D eigenvalue weighted by molar-refractivity contribution is 4.77. The summed E-state index contributed by atoms with van der Waals surface area (Å²) in [5.41, 5.74) is 0. The van der Waals surface area contributed by atoms with Crippen molar-refractivity contribution in [1.29, 1.82) is 0 Å². The second-order valence-electron chi connectivity index (χ2n) is 5.52. The summed E-state index contributed by atoms with van der Waals surface area (Å²) in [6.45, 7) is 11.7. The van der Waals surface area contributed by atoms with Crippen LogP contribution in [-0.2, 0) is 0 Å². The van der Waals surface area contributed by atoms with Crippen LogP contribution in [0, 0.1) is 5.92 Å². The highest BCUT2D eigenvalue weighted by Gasteiger charge is 2.14. The van der Waals surface area contributed by atoms with Crippen LogP contribution in [0.5, 0.6) is 0 Å². The fourth-order valence-corrected chi connectivity index (χ4v) is 2.06. The maximum absolute atomic E-state index is 3.77. The molecule has 1 N–H and O–H groups in total. The van der Waals surface area contributed by atoms with Crippen molar-refractivity contribution in [2.75, 3.05) is 20.6 Å². The molecule has 0 aliphatic carbocycles. The van der Waals surface area contributed by atoms with Gasteiger partial charge in [-0.05, 0) is 46.2 Å². The van der Waals surface area contributed by atoms with Gasteiger partial charge in [-0.3, -0.25) is 0 Å². The summed E-state index contributed by atoms with van der Waals surface area (Å²) in [6.07, 6.45) is 5.54. The zero-order valence-electron chi connectivity index (χ0n) is 11.8. The standard InChI is InChI=1S/C14H30N2/c1-7-8-9-13(4)15-14(10-12(2)3)11-16(5)6/h7,12-15H,1,8-11H2,2-6H3. The number of rotatable bonds is 9. The van der Waals surface area contributed by atoms with Crippen molar-refractivity contribution in [2.24, 2.45) is 5.92 Å². The van der Waals surface area contributed by atoms with Gasteiger partial charge in [-0.2, -0.15) is 0 Å². The molecule has 0 saturated carbocycles. The molecule has 16 heavy (non-hydrogen) atoms. The molecule has 0 spiro atoms. The summed E-state index contributed by atoms with van der Waals surface area (Å²) in [4.78, 5) is 2.26. The van der Waals surface area contributed by atoms with Gasteiger partial charge < -0.3 is 10.2 Å². The Morgan fingerprint density at radius 2 is 1.88 bits per heavy atom. The molecule has 2 heteroatoms. The van der Waals surface area contributed by atoms with Gasteiger partial charge in [-0.1, -0.05) is 19.9 Å². The molecule has 2 nitrogen and oxygen atoms in total. The molecule has 0 saturated heterocycles. The lowest BCUT2D eigenvalue weighted by molar-refractivity contribution is 0.286. The van der Waals surface area contributed by atoms with E-state index in [-0.39, 0.29) is 0 Å². The number of hydrogen-bond acceptors (Lipinski definition) is 2. The summed E-state index contributed by atoms with van der Waals surface area (Å²) in [5, 5.41) is 3.73. The van der Waals surface area contributed by atoms with Gasteiger partial charge in [0.25, 0.3) is 0 Å². The molecule has 0 rings (SSSR count). The minimum Gasteiger partial charge on any atom is -0.310 e. The first-order chi connectivity index (χ1) is 7.45. The molecule has 0 bridgehead atoms. The van der Waals surface area contributed by atoms with Crippen LogP contribution in [0.1, 0.15) is 40.0 Å². The third kappa shape index (κ3) is 8.93. The van der Waals surface area contributed by atoms with E-state index in [9.17, 15) is 0 Å². The van der Waals surface area contributed by atoms with Crippen LogP contribution in [0.15, 0.2) is 12.7 Å². The van der Waals surface area contributed by atoms with Gasteiger partial charge >= 0.3 is 0 Å². The number of nitrogens with zero attached hydrogens (tertiary/aromatic N) is 1. The van der Waals surface area contributed by atoms with Gasteiger partial charge in [-0.25, -0.2) is 0 Å². The molecule has 0 aliphatic rings. The summed E-state index contributed by atoms with van der Waals surface area (Å²) < 4.78 is 0. The maximum Gasteiger partial charge on any atom is 0.0199 e. The average Bonchev–Trinajstić information content (AvgIpc) is 2.12. The molecule has 0 heterocycles. The van der Waals surface area contributed by atoms with Gasteiger partial charge in [0.15, 0.2) is 0 Å². The molecule has 0 aromatic carbocycles. The predicted molar refractivity (Wildman–Crippen MR) is 73.8 cm³/mol.